The molecule has 1 aliphatic carbocycles. The fourth-order valence-corrected chi connectivity index (χ4v) is 2.82. The quantitative estimate of drug-likeness (QED) is 0.652. The lowest BCUT2D eigenvalue weighted by Gasteiger charge is -2.27. The first-order valence-corrected chi connectivity index (χ1v) is 7.28. The highest BCUT2D eigenvalue weighted by molar-refractivity contribution is 9.10. The zero-order chi connectivity index (χ0) is 14.7. The topological polar surface area (TPSA) is 98.3 Å². The maximum atomic E-state index is 12.2. The smallest absolute Gasteiger partial charge is 0.293 e. The lowest BCUT2D eigenvalue weighted by molar-refractivity contribution is -0.384. The molecule has 0 aromatic heterocycles. The summed E-state index contributed by atoms with van der Waals surface area (Å²) in [6.45, 7) is 0. The third kappa shape index (κ3) is 3.34. The molecule has 2 unspecified atom stereocenters. The van der Waals surface area contributed by atoms with Crippen LogP contribution in [0.4, 0.5) is 11.4 Å². The number of nitro groups is 1. The first-order valence-electron chi connectivity index (χ1n) is 6.49. The van der Waals surface area contributed by atoms with Gasteiger partial charge in [0.2, 0.25) is 5.91 Å². The molecule has 1 saturated carbocycles. The summed E-state index contributed by atoms with van der Waals surface area (Å²) < 4.78 is 0.594. The van der Waals surface area contributed by atoms with Crippen molar-refractivity contribution in [1.82, 2.24) is 0 Å². The number of carbonyl (C=O) groups excluding carboxylic acids is 1. The molecule has 0 heterocycles. The maximum Gasteiger partial charge on any atom is 0.293 e. The molecule has 0 saturated heterocycles. The second-order valence-corrected chi connectivity index (χ2v) is 5.88. The Bertz CT molecular complexity index is 536. The van der Waals surface area contributed by atoms with E-state index in [2.05, 4.69) is 21.2 Å². The Labute approximate surface area is 125 Å². The Hall–Kier alpha value is -1.47. The summed E-state index contributed by atoms with van der Waals surface area (Å²) >= 11 is 3.18. The van der Waals surface area contributed by atoms with E-state index in [1.54, 1.807) is 6.07 Å². The van der Waals surface area contributed by atoms with Gasteiger partial charge in [-0.15, -0.1) is 0 Å². The molecule has 1 aromatic rings. The third-order valence-corrected chi connectivity index (χ3v) is 4.06. The Balaban J connectivity index is 2.17. The van der Waals surface area contributed by atoms with Crippen molar-refractivity contribution >= 4 is 33.2 Å². The molecule has 2 rings (SSSR count). The summed E-state index contributed by atoms with van der Waals surface area (Å²) in [5.74, 6) is -0.505. The molecule has 0 aliphatic heterocycles. The minimum atomic E-state index is -0.513. The number of anilines is 1. The van der Waals surface area contributed by atoms with Gasteiger partial charge in [-0.25, -0.2) is 0 Å². The zero-order valence-corrected chi connectivity index (χ0v) is 12.4. The van der Waals surface area contributed by atoms with Crippen LogP contribution in [0.25, 0.3) is 0 Å². The molecule has 7 heteroatoms. The van der Waals surface area contributed by atoms with Gasteiger partial charge in [0.1, 0.15) is 5.69 Å². The predicted molar refractivity (Wildman–Crippen MR) is 79.4 cm³/mol. The molecule has 20 heavy (non-hydrogen) atoms. The first-order chi connectivity index (χ1) is 9.49. The Morgan fingerprint density at radius 2 is 2.10 bits per heavy atom. The van der Waals surface area contributed by atoms with Crippen molar-refractivity contribution in [2.45, 2.75) is 31.7 Å². The van der Waals surface area contributed by atoms with Crippen LogP contribution in [0.1, 0.15) is 25.7 Å². The summed E-state index contributed by atoms with van der Waals surface area (Å²) in [5.41, 5.74) is 6.03. The monoisotopic (exact) mass is 341 g/mol. The van der Waals surface area contributed by atoms with E-state index in [4.69, 9.17) is 5.73 Å². The average Bonchev–Trinajstić information content (AvgIpc) is 2.41. The van der Waals surface area contributed by atoms with E-state index in [-0.39, 0.29) is 29.2 Å². The number of halogens is 1. The summed E-state index contributed by atoms with van der Waals surface area (Å²) in [7, 11) is 0. The van der Waals surface area contributed by atoms with Crippen LogP contribution in [0, 0.1) is 16.0 Å². The van der Waals surface area contributed by atoms with Crippen LogP contribution in [-0.4, -0.2) is 16.9 Å². The molecule has 1 fully saturated rings. The summed E-state index contributed by atoms with van der Waals surface area (Å²) in [6.07, 6.45) is 3.55. The van der Waals surface area contributed by atoms with Gasteiger partial charge in [0.05, 0.1) is 10.8 Å². The molecule has 0 bridgehead atoms. The number of nitrogens with zero attached hydrogens (tertiary/aromatic N) is 1. The molecule has 108 valence electrons. The second kappa shape index (κ2) is 6.32. The van der Waals surface area contributed by atoms with Crippen LogP contribution in [0.15, 0.2) is 22.7 Å². The fourth-order valence-electron chi connectivity index (χ4n) is 2.47. The molecule has 2 atom stereocenters. The van der Waals surface area contributed by atoms with Crippen LogP contribution < -0.4 is 11.1 Å². The van der Waals surface area contributed by atoms with E-state index < -0.39 is 4.92 Å². The Kier molecular flexibility index (Phi) is 4.72. The van der Waals surface area contributed by atoms with Gasteiger partial charge in [-0.3, -0.25) is 14.9 Å². The summed E-state index contributed by atoms with van der Waals surface area (Å²) in [6, 6.07) is 4.38. The van der Waals surface area contributed by atoms with Crippen LogP contribution in [0.5, 0.6) is 0 Å². The maximum absolute atomic E-state index is 12.2. The molecular formula is C13H16BrN3O3. The van der Waals surface area contributed by atoms with E-state index in [0.717, 1.165) is 25.7 Å². The van der Waals surface area contributed by atoms with Crippen molar-refractivity contribution in [2.75, 3.05) is 5.32 Å². The highest BCUT2D eigenvalue weighted by Crippen LogP contribution is 2.30. The Morgan fingerprint density at radius 3 is 2.75 bits per heavy atom. The van der Waals surface area contributed by atoms with Gasteiger partial charge in [0, 0.05) is 16.6 Å². The van der Waals surface area contributed by atoms with Crippen LogP contribution in [-0.2, 0) is 4.79 Å². The largest absolute Gasteiger partial charge is 0.327 e. The van der Waals surface area contributed by atoms with Gasteiger partial charge in [0.25, 0.3) is 5.69 Å². The first kappa shape index (κ1) is 14.9. The van der Waals surface area contributed by atoms with Gasteiger partial charge < -0.3 is 11.1 Å². The number of nitrogens with two attached hydrogens (primary N) is 1. The average molecular weight is 342 g/mol. The normalized spacial score (nSPS) is 22.3. The SMILES string of the molecule is NC1CCCCC1C(=O)Nc1ccc(Br)cc1[N+](=O)[O-]. The number of rotatable bonds is 3. The number of hydrogen-bond donors (Lipinski definition) is 2. The molecular weight excluding hydrogens is 326 g/mol. The van der Waals surface area contributed by atoms with Gasteiger partial charge in [0.15, 0.2) is 0 Å². The lowest BCUT2D eigenvalue weighted by atomic mass is 9.84. The van der Waals surface area contributed by atoms with Crippen molar-refractivity contribution in [2.24, 2.45) is 11.7 Å². The van der Waals surface area contributed by atoms with Crippen molar-refractivity contribution < 1.29 is 9.72 Å². The standard InChI is InChI=1S/C13H16BrN3O3/c14-8-5-6-11(12(7-8)17(19)20)16-13(18)9-3-1-2-4-10(9)15/h5-7,9-10H,1-4,15H2,(H,16,18). The summed E-state index contributed by atoms with van der Waals surface area (Å²) in [4.78, 5) is 22.7. The number of carbonyl (C=O) groups is 1. The zero-order valence-electron chi connectivity index (χ0n) is 10.8. The van der Waals surface area contributed by atoms with Gasteiger partial charge in [-0.05, 0) is 25.0 Å². The van der Waals surface area contributed by atoms with Crippen molar-refractivity contribution in [1.29, 1.82) is 0 Å². The van der Waals surface area contributed by atoms with Crippen molar-refractivity contribution in [3.05, 3.63) is 32.8 Å². The van der Waals surface area contributed by atoms with Gasteiger partial charge in [-0.2, -0.15) is 0 Å². The van der Waals surface area contributed by atoms with Crippen LogP contribution >= 0.6 is 15.9 Å². The second-order valence-electron chi connectivity index (χ2n) is 4.96. The van der Waals surface area contributed by atoms with E-state index in [1.807, 2.05) is 0 Å². The van der Waals surface area contributed by atoms with Crippen molar-refractivity contribution in [3.8, 4) is 0 Å². The van der Waals surface area contributed by atoms with E-state index >= 15 is 0 Å². The molecule has 1 aromatic carbocycles. The minimum absolute atomic E-state index is 0.128. The predicted octanol–water partition coefficient (Wildman–Crippen LogP) is 2.81. The number of amides is 1. The molecule has 6 nitrogen and oxygen atoms in total. The molecule has 0 spiro atoms. The molecule has 3 N–H and O–H groups in total. The number of nitro benzene ring substituents is 1. The molecule has 0 radical (unpaired) electrons. The van der Waals surface area contributed by atoms with Crippen molar-refractivity contribution in [3.63, 3.8) is 0 Å². The van der Waals surface area contributed by atoms with Crippen LogP contribution in [0.3, 0.4) is 0 Å². The molecule has 1 amide bonds. The number of hydrogen-bond acceptors (Lipinski definition) is 4. The molecule has 1 aliphatic rings. The van der Waals surface area contributed by atoms with E-state index in [0.29, 0.717) is 4.47 Å². The lowest BCUT2D eigenvalue weighted by Crippen LogP contribution is -2.40. The highest BCUT2D eigenvalue weighted by atomic mass is 79.9. The fraction of sp³-hybridized carbons (Fsp3) is 0.462. The number of benzene rings is 1. The van der Waals surface area contributed by atoms with E-state index in [9.17, 15) is 14.9 Å². The minimum Gasteiger partial charge on any atom is -0.327 e. The summed E-state index contributed by atoms with van der Waals surface area (Å²) in [5, 5.41) is 13.6. The van der Waals surface area contributed by atoms with Crippen LogP contribution in [0.2, 0.25) is 0 Å². The highest BCUT2D eigenvalue weighted by Gasteiger charge is 2.29. The third-order valence-electron chi connectivity index (χ3n) is 3.57. The van der Waals surface area contributed by atoms with E-state index in [1.165, 1.54) is 12.1 Å². The van der Waals surface area contributed by atoms with Gasteiger partial charge in [-0.1, -0.05) is 28.8 Å². The van der Waals surface area contributed by atoms with Gasteiger partial charge >= 0.3 is 0 Å². The number of nitrogens with one attached hydrogen (secondary N) is 1. The Morgan fingerprint density at radius 1 is 1.40 bits per heavy atom.